The average molecular weight is 504 g/mol. The number of aryl methyl sites for hydroxylation is 1. The lowest BCUT2D eigenvalue weighted by Crippen LogP contribution is -2.60. The fourth-order valence-electron chi connectivity index (χ4n) is 4.87. The molecule has 2 N–H and O–H groups in total. The monoisotopic (exact) mass is 503 g/mol. The molecule has 0 aromatic heterocycles. The lowest BCUT2D eigenvalue weighted by molar-refractivity contribution is -0.166. The second-order valence-corrected chi connectivity index (χ2v) is 9.24. The van der Waals surface area contributed by atoms with Gasteiger partial charge in [0.15, 0.2) is 11.5 Å². The molecule has 166 valence electrons. The van der Waals surface area contributed by atoms with E-state index in [1.807, 2.05) is 59.6 Å². The molecule has 6 nitrogen and oxygen atoms in total. The third-order valence-electron chi connectivity index (χ3n) is 6.55. The number of hydrazine groups is 1. The first-order chi connectivity index (χ1) is 16.0. The smallest absolute Gasteiger partial charge is 0.291 e. The minimum atomic E-state index is -1.37. The van der Waals surface area contributed by atoms with Crippen molar-refractivity contribution in [2.24, 2.45) is 0 Å². The molecule has 1 amide bonds. The molecule has 2 unspecified atom stereocenters. The van der Waals surface area contributed by atoms with Crippen molar-refractivity contribution in [1.29, 1.82) is 0 Å². The quantitative estimate of drug-likeness (QED) is 0.519. The number of rotatable bonds is 3. The minimum Gasteiger partial charge on any atom is -0.493 e. The normalized spacial score (nSPS) is 22.6. The Balaban J connectivity index is 1.57. The van der Waals surface area contributed by atoms with E-state index in [0.29, 0.717) is 11.5 Å². The van der Waals surface area contributed by atoms with Gasteiger partial charge in [0.05, 0.1) is 24.5 Å². The number of carbonyl (C=O) groups excluding carboxylic acids is 1. The second-order valence-electron chi connectivity index (χ2n) is 8.33. The summed E-state index contributed by atoms with van der Waals surface area (Å²) in [7, 11) is 1.62. The molecule has 2 atom stereocenters. The molecule has 3 aliphatic heterocycles. The van der Waals surface area contributed by atoms with Gasteiger partial charge in [-0.05, 0) is 54.0 Å². The van der Waals surface area contributed by atoms with Crippen molar-refractivity contribution in [3.8, 4) is 11.5 Å². The van der Waals surface area contributed by atoms with Crippen LogP contribution in [0, 0.1) is 0 Å². The maximum absolute atomic E-state index is 13.7. The predicted octanol–water partition coefficient (Wildman–Crippen LogP) is 5.12. The zero-order valence-electron chi connectivity index (χ0n) is 18.2. The molecule has 3 aliphatic rings. The van der Waals surface area contributed by atoms with Crippen molar-refractivity contribution in [3.63, 3.8) is 0 Å². The highest BCUT2D eigenvalue weighted by molar-refractivity contribution is 9.10. The number of fused-ring (bicyclic) bond motifs is 6. The Morgan fingerprint density at radius 3 is 2.73 bits per heavy atom. The van der Waals surface area contributed by atoms with E-state index in [4.69, 9.17) is 9.47 Å². The third kappa shape index (κ3) is 2.85. The Morgan fingerprint density at radius 2 is 1.97 bits per heavy atom. The van der Waals surface area contributed by atoms with Gasteiger partial charge >= 0.3 is 0 Å². The van der Waals surface area contributed by atoms with E-state index in [9.17, 15) is 4.79 Å². The van der Waals surface area contributed by atoms with Gasteiger partial charge in [0, 0.05) is 15.6 Å². The second kappa shape index (κ2) is 7.37. The number of nitrogens with one attached hydrogen (secondary N) is 2. The van der Waals surface area contributed by atoms with E-state index in [0.717, 1.165) is 44.5 Å². The topological polar surface area (TPSA) is 62.8 Å². The Kier molecular flexibility index (Phi) is 4.54. The summed E-state index contributed by atoms with van der Waals surface area (Å²) in [4.78, 5) is 13.7. The molecule has 3 aromatic rings. The zero-order chi connectivity index (χ0) is 22.7. The molecule has 7 heteroatoms. The fourth-order valence-corrected chi connectivity index (χ4v) is 5.13. The Labute approximate surface area is 200 Å². The summed E-state index contributed by atoms with van der Waals surface area (Å²) >= 11 is 3.50. The molecule has 3 aromatic carbocycles. The molecule has 6 rings (SSSR count). The molecule has 1 spiro atoms. The summed E-state index contributed by atoms with van der Waals surface area (Å²) in [6.45, 7) is 2.10. The van der Waals surface area contributed by atoms with Crippen LogP contribution >= 0.6 is 15.9 Å². The van der Waals surface area contributed by atoms with E-state index < -0.39 is 5.72 Å². The molecule has 0 fully saturated rings. The Hall–Kier alpha value is -3.29. The van der Waals surface area contributed by atoms with Crippen LogP contribution in [0.3, 0.4) is 0 Å². The van der Waals surface area contributed by atoms with Crippen molar-refractivity contribution in [2.45, 2.75) is 25.1 Å². The van der Waals surface area contributed by atoms with Crippen LogP contribution in [-0.2, 0) is 16.9 Å². The number of hydrogen-bond donors (Lipinski definition) is 2. The maximum atomic E-state index is 13.7. The van der Waals surface area contributed by atoms with Gasteiger partial charge in [-0.3, -0.25) is 4.79 Å². The molecular weight excluding hydrogens is 482 g/mol. The van der Waals surface area contributed by atoms with Crippen molar-refractivity contribution in [3.05, 3.63) is 93.5 Å². The summed E-state index contributed by atoms with van der Waals surface area (Å²) < 4.78 is 13.3. The number of carbonyl (C=O) groups is 1. The van der Waals surface area contributed by atoms with Crippen LogP contribution in [0.5, 0.6) is 11.5 Å². The summed E-state index contributed by atoms with van der Waals surface area (Å²) in [6, 6.07) is 19.7. The van der Waals surface area contributed by atoms with Gasteiger partial charge in [-0.25, -0.2) is 0 Å². The highest BCUT2D eigenvalue weighted by atomic mass is 79.9. The van der Waals surface area contributed by atoms with Crippen molar-refractivity contribution < 1.29 is 14.3 Å². The van der Waals surface area contributed by atoms with Gasteiger partial charge in [-0.1, -0.05) is 53.2 Å². The van der Waals surface area contributed by atoms with E-state index in [-0.39, 0.29) is 11.9 Å². The van der Waals surface area contributed by atoms with Gasteiger partial charge in [-0.2, -0.15) is 5.01 Å². The molecule has 3 heterocycles. The van der Waals surface area contributed by atoms with Gasteiger partial charge < -0.3 is 20.2 Å². The number of benzene rings is 3. The predicted molar refractivity (Wildman–Crippen MR) is 130 cm³/mol. The van der Waals surface area contributed by atoms with E-state index in [2.05, 4.69) is 45.7 Å². The van der Waals surface area contributed by atoms with Crippen LogP contribution in [0.4, 0.5) is 5.69 Å². The first-order valence-corrected chi connectivity index (χ1v) is 11.7. The number of para-hydroxylation sites is 1. The molecule has 33 heavy (non-hydrogen) atoms. The summed E-state index contributed by atoms with van der Waals surface area (Å²) in [6.07, 6.45) is 3.00. The SMILES string of the molecule is CCc1ccc2c(c1)C1(Oc3c(OC)cccc3C3C=C(c4ccc(Br)cc4)NN31)C(=O)N2. The maximum Gasteiger partial charge on any atom is 0.291 e. The molecule has 0 saturated carbocycles. The van der Waals surface area contributed by atoms with Crippen LogP contribution in [0.2, 0.25) is 0 Å². The van der Waals surface area contributed by atoms with E-state index in [1.165, 1.54) is 0 Å². The molecule has 0 radical (unpaired) electrons. The zero-order valence-corrected chi connectivity index (χ0v) is 19.8. The average Bonchev–Trinajstić information content (AvgIpc) is 3.40. The highest BCUT2D eigenvalue weighted by Gasteiger charge is 2.61. The lowest BCUT2D eigenvalue weighted by Gasteiger charge is -2.45. The van der Waals surface area contributed by atoms with Crippen LogP contribution in [-0.4, -0.2) is 18.0 Å². The van der Waals surface area contributed by atoms with Gasteiger partial charge in [0.1, 0.15) is 0 Å². The summed E-state index contributed by atoms with van der Waals surface area (Å²) in [5.41, 5.74) is 7.69. The largest absolute Gasteiger partial charge is 0.493 e. The van der Waals surface area contributed by atoms with E-state index >= 15 is 0 Å². The van der Waals surface area contributed by atoms with Gasteiger partial charge in [-0.15, -0.1) is 0 Å². The number of hydrogen-bond acceptors (Lipinski definition) is 5. The van der Waals surface area contributed by atoms with E-state index in [1.54, 1.807) is 7.11 Å². The van der Waals surface area contributed by atoms with Gasteiger partial charge in [0.2, 0.25) is 0 Å². The third-order valence-corrected chi connectivity index (χ3v) is 7.08. The Morgan fingerprint density at radius 1 is 1.15 bits per heavy atom. The first kappa shape index (κ1) is 20.3. The van der Waals surface area contributed by atoms with Gasteiger partial charge in [0.25, 0.3) is 11.6 Å². The van der Waals surface area contributed by atoms with Crippen molar-refractivity contribution >= 4 is 33.2 Å². The number of anilines is 1. The fraction of sp³-hybridized carbons (Fsp3) is 0.192. The number of ether oxygens (including phenoxy) is 2. The molecular formula is C26H22BrN3O3. The molecule has 0 aliphatic carbocycles. The minimum absolute atomic E-state index is 0.231. The summed E-state index contributed by atoms with van der Waals surface area (Å²) in [5, 5.41) is 4.96. The van der Waals surface area contributed by atoms with Crippen molar-refractivity contribution in [1.82, 2.24) is 10.4 Å². The van der Waals surface area contributed by atoms with Crippen LogP contribution < -0.4 is 20.2 Å². The number of nitrogens with zero attached hydrogens (tertiary/aromatic N) is 1. The number of halogens is 1. The standard InChI is InChI=1S/C26H22BrN3O3/c1-3-15-7-12-20-19(13-15)26(25(31)28-20)30-22(18-5-4-6-23(32-2)24(18)33-26)14-21(29-30)16-8-10-17(27)11-9-16/h4-14,22,29H,3H2,1-2H3,(H,28,31). The van der Waals surface area contributed by atoms with Crippen LogP contribution in [0.25, 0.3) is 5.70 Å². The molecule has 0 bridgehead atoms. The number of methoxy groups -OCH3 is 1. The highest BCUT2D eigenvalue weighted by Crippen LogP contribution is 2.55. The first-order valence-electron chi connectivity index (χ1n) is 10.9. The summed E-state index contributed by atoms with van der Waals surface area (Å²) in [5.74, 6) is 0.955. The van der Waals surface area contributed by atoms with Crippen LogP contribution in [0.15, 0.2) is 71.2 Å². The van der Waals surface area contributed by atoms with Crippen molar-refractivity contribution in [2.75, 3.05) is 12.4 Å². The van der Waals surface area contributed by atoms with Crippen LogP contribution in [0.1, 0.15) is 35.2 Å². The molecule has 0 saturated heterocycles. The Bertz CT molecular complexity index is 1320. The lowest BCUT2D eigenvalue weighted by atomic mass is 9.93. The number of amides is 1.